The van der Waals surface area contributed by atoms with E-state index in [2.05, 4.69) is 163 Å². The van der Waals surface area contributed by atoms with Crippen LogP contribution in [-0.4, -0.2) is 0 Å². The number of fused-ring (bicyclic) bond motifs is 2. The van der Waals surface area contributed by atoms with Gasteiger partial charge in [0.1, 0.15) is 0 Å². The number of anilines is 2. The lowest BCUT2D eigenvalue weighted by molar-refractivity contribution is 1.53. The zero-order valence-corrected chi connectivity index (χ0v) is 21.5. The zero-order chi connectivity index (χ0) is 26.0. The van der Waals surface area contributed by atoms with E-state index < -0.39 is 0 Å². The Labute approximate surface area is 229 Å². The van der Waals surface area contributed by atoms with Gasteiger partial charge in [0, 0.05) is 11.4 Å². The standard InChI is InChI=1S/C38H27N/c1-3-17-35-28(9-1)11-7-19-37(35)30-23-21-27(22-24-30)31-13-5-15-33(25-31)39-34-16-6-14-32(26-34)38-20-8-12-29-10-2-4-18-36(29)38/h1-26,39H. The highest BCUT2D eigenvalue weighted by Gasteiger charge is 2.07. The Bertz CT molecular complexity index is 1920. The molecule has 7 aromatic rings. The second kappa shape index (κ2) is 9.96. The van der Waals surface area contributed by atoms with Crippen molar-refractivity contribution in [3.8, 4) is 33.4 Å². The highest BCUT2D eigenvalue weighted by molar-refractivity contribution is 5.98. The zero-order valence-electron chi connectivity index (χ0n) is 21.5. The molecule has 0 aliphatic rings. The predicted octanol–water partition coefficient (Wildman–Crippen LogP) is 10.7. The Balaban J connectivity index is 1.16. The molecule has 7 rings (SSSR count). The van der Waals surface area contributed by atoms with Gasteiger partial charge in [-0.25, -0.2) is 0 Å². The molecule has 1 heteroatoms. The van der Waals surface area contributed by atoms with Crippen molar-refractivity contribution in [2.75, 3.05) is 5.32 Å². The molecule has 0 radical (unpaired) electrons. The van der Waals surface area contributed by atoms with Crippen LogP contribution in [0.2, 0.25) is 0 Å². The first kappa shape index (κ1) is 23.0. The van der Waals surface area contributed by atoms with E-state index in [1.165, 1.54) is 54.9 Å². The lowest BCUT2D eigenvalue weighted by Crippen LogP contribution is -1.91. The first-order valence-corrected chi connectivity index (χ1v) is 13.4. The van der Waals surface area contributed by atoms with E-state index in [0.717, 1.165) is 11.4 Å². The van der Waals surface area contributed by atoms with Gasteiger partial charge in [0.2, 0.25) is 0 Å². The van der Waals surface area contributed by atoms with Crippen LogP contribution in [-0.2, 0) is 0 Å². The Morgan fingerprint density at radius 3 is 1.41 bits per heavy atom. The van der Waals surface area contributed by atoms with Gasteiger partial charge in [0.05, 0.1) is 0 Å². The summed E-state index contributed by atoms with van der Waals surface area (Å²) in [6.45, 7) is 0. The SMILES string of the molecule is c1cc(Nc2cccc(-c3cccc4ccccc34)c2)cc(-c2ccc(-c3cccc4ccccc34)cc2)c1. The summed E-state index contributed by atoms with van der Waals surface area (Å²) in [5.74, 6) is 0. The summed E-state index contributed by atoms with van der Waals surface area (Å²) in [7, 11) is 0. The molecule has 0 fully saturated rings. The molecule has 0 amide bonds. The number of rotatable bonds is 5. The highest BCUT2D eigenvalue weighted by Crippen LogP contribution is 2.33. The Hall–Kier alpha value is -5.14. The molecule has 7 aromatic carbocycles. The van der Waals surface area contributed by atoms with E-state index in [9.17, 15) is 0 Å². The molecule has 0 saturated carbocycles. The maximum absolute atomic E-state index is 3.63. The van der Waals surface area contributed by atoms with Crippen LogP contribution in [0.4, 0.5) is 11.4 Å². The Kier molecular flexibility index (Phi) is 5.88. The van der Waals surface area contributed by atoms with Crippen molar-refractivity contribution >= 4 is 32.9 Å². The minimum absolute atomic E-state index is 1.07. The summed E-state index contributed by atoms with van der Waals surface area (Å²) in [6, 6.07) is 56.3. The van der Waals surface area contributed by atoms with Crippen LogP contribution in [0.3, 0.4) is 0 Å². The molecule has 0 spiro atoms. The van der Waals surface area contributed by atoms with Gasteiger partial charge in [-0.2, -0.15) is 0 Å². The molecule has 0 aliphatic heterocycles. The maximum Gasteiger partial charge on any atom is 0.0390 e. The van der Waals surface area contributed by atoms with Crippen LogP contribution >= 0.6 is 0 Å². The van der Waals surface area contributed by atoms with Crippen molar-refractivity contribution in [3.05, 3.63) is 158 Å². The second-order valence-electron chi connectivity index (χ2n) is 9.92. The Morgan fingerprint density at radius 2 is 0.769 bits per heavy atom. The summed E-state index contributed by atoms with van der Waals surface area (Å²) in [5, 5.41) is 8.70. The topological polar surface area (TPSA) is 12.0 Å². The Morgan fingerprint density at radius 1 is 0.308 bits per heavy atom. The molecule has 1 nitrogen and oxygen atoms in total. The molecular formula is C38H27N. The smallest absolute Gasteiger partial charge is 0.0390 e. The first-order chi connectivity index (χ1) is 19.3. The number of hydrogen-bond acceptors (Lipinski definition) is 1. The van der Waals surface area contributed by atoms with Crippen molar-refractivity contribution in [1.29, 1.82) is 0 Å². The summed E-state index contributed by atoms with van der Waals surface area (Å²) in [5.41, 5.74) is 9.48. The van der Waals surface area contributed by atoms with Gasteiger partial charge in [0.15, 0.2) is 0 Å². The van der Waals surface area contributed by atoms with Crippen molar-refractivity contribution in [2.24, 2.45) is 0 Å². The highest BCUT2D eigenvalue weighted by atomic mass is 14.9. The van der Waals surface area contributed by atoms with Gasteiger partial charge < -0.3 is 5.32 Å². The molecule has 0 atom stereocenters. The van der Waals surface area contributed by atoms with Gasteiger partial charge in [-0.1, -0.05) is 133 Å². The molecule has 39 heavy (non-hydrogen) atoms. The van der Waals surface area contributed by atoms with Gasteiger partial charge >= 0.3 is 0 Å². The molecule has 0 aliphatic carbocycles. The van der Waals surface area contributed by atoms with Crippen LogP contribution in [0.5, 0.6) is 0 Å². The lowest BCUT2D eigenvalue weighted by atomic mass is 9.96. The quantitative estimate of drug-likeness (QED) is 0.249. The van der Waals surface area contributed by atoms with Gasteiger partial charge in [-0.05, 0) is 79.2 Å². The largest absolute Gasteiger partial charge is 0.355 e. The molecule has 0 bridgehead atoms. The fraction of sp³-hybridized carbons (Fsp3) is 0. The average molecular weight is 498 g/mol. The summed E-state index contributed by atoms with van der Waals surface area (Å²) >= 11 is 0. The summed E-state index contributed by atoms with van der Waals surface area (Å²) < 4.78 is 0. The monoisotopic (exact) mass is 497 g/mol. The van der Waals surface area contributed by atoms with Gasteiger partial charge in [-0.3, -0.25) is 0 Å². The third-order valence-corrected chi connectivity index (χ3v) is 7.43. The molecule has 1 N–H and O–H groups in total. The molecule has 0 heterocycles. The normalized spacial score (nSPS) is 11.1. The third-order valence-electron chi connectivity index (χ3n) is 7.43. The molecular weight excluding hydrogens is 470 g/mol. The van der Waals surface area contributed by atoms with Crippen molar-refractivity contribution in [1.82, 2.24) is 0 Å². The van der Waals surface area contributed by atoms with E-state index in [4.69, 9.17) is 0 Å². The number of benzene rings is 7. The van der Waals surface area contributed by atoms with Crippen molar-refractivity contribution < 1.29 is 0 Å². The van der Waals surface area contributed by atoms with E-state index in [1.54, 1.807) is 0 Å². The van der Waals surface area contributed by atoms with Crippen LogP contribution < -0.4 is 5.32 Å². The van der Waals surface area contributed by atoms with Crippen LogP contribution in [0.25, 0.3) is 54.9 Å². The average Bonchev–Trinajstić information content (AvgIpc) is 3.01. The van der Waals surface area contributed by atoms with Crippen molar-refractivity contribution in [3.63, 3.8) is 0 Å². The second-order valence-corrected chi connectivity index (χ2v) is 9.92. The van der Waals surface area contributed by atoms with E-state index in [0.29, 0.717) is 0 Å². The summed E-state index contributed by atoms with van der Waals surface area (Å²) in [6.07, 6.45) is 0. The first-order valence-electron chi connectivity index (χ1n) is 13.4. The number of nitrogens with one attached hydrogen (secondary N) is 1. The third kappa shape index (κ3) is 4.56. The van der Waals surface area contributed by atoms with Crippen molar-refractivity contribution in [2.45, 2.75) is 0 Å². The minimum atomic E-state index is 1.07. The molecule has 0 unspecified atom stereocenters. The van der Waals surface area contributed by atoms with Crippen LogP contribution in [0, 0.1) is 0 Å². The maximum atomic E-state index is 3.63. The lowest BCUT2D eigenvalue weighted by Gasteiger charge is -2.12. The van der Waals surface area contributed by atoms with E-state index in [-0.39, 0.29) is 0 Å². The van der Waals surface area contributed by atoms with Crippen LogP contribution in [0.15, 0.2) is 158 Å². The predicted molar refractivity (Wildman–Crippen MR) is 167 cm³/mol. The fourth-order valence-electron chi connectivity index (χ4n) is 5.50. The minimum Gasteiger partial charge on any atom is -0.355 e. The summed E-state index contributed by atoms with van der Waals surface area (Å²) in [4.78, 5) is 0. The molecule has 0 aromatic heterocycles. The molecule has 0 saturated heterocycles. The fourth-order valence-corrected chi connectivity index (χ4v) is 5.50. The number of hydrogen-bond donors (Lipinski definition) is 1. The molecule has 184 valence electrons. The van der Waals surface area contributed by atoms with Gasteiger partial charge in [0.25, 0.3) is 0 Å². The van der Waals surface area contributed by atoms with E-state index >= 15 is 0 Å². The van der Waals surface area contributed by atoms with Crippen LogP contribution in [0.1, 0.15) is 0 Å². The van der Waals surface area contributed by atoms with Gasteiger partial charge in [-0.15, -0.1) is 0 Å². The van der Waals surface area contributed by atoms with E-state index in [1.807, 2.05) is 0 Å².